The van der Waals surface area contributed by atoms with Crippen LogP contribution >= 0.6 is 0 Å². The average Bonchev–Trinajstić information content (AvgIpc) is 3.21. The maximum absolute atomic E-state index is 13.1. The molecule has 2 fully saturated rings. The Bertz CT molecular complexity index is 535. The molecule has 0 aromatic heterocycles. The summed E-state index contributed by atoms with van der Waals surface area (Å²) in [5.41, 5.74) is 0. The van der Waals surface area contributed by atoms with Crippen molar-refractivity contribution in [1.82, 2.24) is 14.7 Å². The quantitative estimate of drug-likeness (QED) is 0.734. The van der Waals surface area contributed by atoms with E-state index in [1.165, 1.54) is 12.8 Å². The van der Waals surface area contributed by atoms with Gasteiger partial charge in [0.1, 0.15) is 0 Å². The molecule has 25 heavy (non-hydrogen) atoms. The van der Waals surface area contributed by atoms with Crippen LogP contribution in [0.4, 0.5) is 4.79 Å². The van der Waals surface area contributed by atoms with Crippen molar-refractivity contribution in [1.29, 1.82) is 0 Å². The second-order valence-electron chi connectivity index (χ2n) is 8.56. The van der Waals surface area contributed by atoms with Crippen molar-refractivity contribution in [3.05, 3.63) is 12.2 Å². The second kappa shape index (κ2) is 7.38. The number of allylic oxidation sites excluding steroid dienone is 2. The van der Waals surface area contributed by atoms with Gasteiger partial charge in [0.15, 0.2) is 0 Å². The molecule has 3 atom stereocenters. The molecule has 3 aliphatic rings. The predicted molar refractivity (Wildman–Crippen MR) is 99.1 cm³/mol. The van der Waals surface area contributed by atoms with Gasteiger partial charge in [0.2, 0.25) is 5.91 Å². The molecule has 2 bridgehead atoms. The third-order valence-corrected chi connectivity index (χ3v) is 6.25. The third kappa shape index (κ3) is 3.85. The zero-order chi connectivity index (χ0) is 18.1. The first-order valence-corrected chi connectivity index (χ1v) is 9.81. The van der Waals surface area contributed by atoms with Crippen molar-refractivity contribution in [2.45, 2.75) is 45.6 Å². The number of piperidine rings is 1. The van der Waals surface area contributed by atoms with E-state index >= 15 is 0 Å². The lowest BCUT2D eigenvalue weighted by Crippen LogP contribution is -2.49. The molecule has 0 aromatic carbocycles. The Morgan fingerprint density at radius 3 is 2.28 bits per heavy atom. The minimum atomic E-state index is 0.0559. The molecule has 1 heterocycles. The first-order valence-electron chi connectivity index (χ1n) is 9.81. The van der Waals surface area contributed by atoms with E-state index in [2.05, 4.69) is 30.9 Å². The van der Waals surface area contributed by atoms with Gasteiger partial charge in [0.05, 0.1) is 0 Å². The van der Waals surface area contributed by atoms with E-state index in [4.69, 9.17) is 0 Å². The number of hydrogen-bond donors (Lipinski definition) is 0. The van der Waals surface area contributed by atoms with Crippen LogP contribution in [0.1, 0.15) is 39.5 Å². The van der Waals surface area contributed by atoms with Gasteiger partial charge >= 0.3 is 6.03 Å². The molecule has 0 aromatic rings. The molecule has 5 nitrogen and oxygen atoms in total. The summed E-state index contributed by atoms with van der Waals surface area (Å²) in [4.78, 5) is 30.8. The minimum absolute atomic E-state index is 0.0559. The molecule has 2 aliphatic carbocycles. The number of urea groups is 1. The van der Waals surface area contributed by atoms with Crippen LogP contribution in [0.2, 0.25) is 0 Å². The Labute approximate surface area is 152 Å². The van der Waals surface area contributed by atoms with E-state index in [-0.39, 0.29) is 18.0 Å². The normalized spacial score (nSPS) is 28.7. The smallest absolute Gasteiger partial charge is 0.319 e. The van der Waals surface area contributed by atoms with Gasteiger partial charge in [-0.3, -0.25) is 4.79 Å². The Morgan fingerprint density at radius 2 is 1.80 bits per heavy atom. The van der Waals surface area contributed by atoms with E-state index in [9.17, 15) is 9.59 Å². The van der Waals surface area contributed by atoms with Crippen LogP contribution in [0.5, 0.6) is 0 Å². The van der Waals surface area contributed by atoms with Crippen LogP contribution in [0.15, 0.2) is 12.2 Å². The highest BCUT2D eigenvalue weighted by atomic mass is 16.2. The number of rotatable bonds is 4. The van der Waals surface area contributed by atoms with Crippen LogP contribution in [0.3, 0.4) is 0 Å². The molecule has 3 rings (SSSR count). The minimum Gasteiger partial charge on any atom is -0.340 e. The first kappa shape index (κ1) is 18.3. The zero-order valence-corrected chi connectivity index (χ0v) is 16.1. The lowest BCUT2D eigenvalue weighted by Gasteiger charge is -2.38. The highest BCUT2D eigenvalue weighted by molar-refractivity contribution is 5.80. The monoisotopic (exact) mass is 347 g/mol. The fraction of sp³-hybridized carbons (Fsp3) is 0.800. The third-order valence-electron chi connectivity index (χ3n) is 6.25. The van der Waals surface area contributed by atoms with Crippen LogP contribution in [-0.4, -0.2) is 66.4 Å². The van der Waals surface area contributed by atoms with Crippen molar-refractivity contribution < 1.29 is 9.59 Å². The molecule has 1 aliphatic heterocycles. The number of fused-ring (bicyclic) bond motifs is 2. The van der Waals surface area contributed by atoms with Crippen molar-refractivity contribution in [3.63, 3.8) is 0 Å². The maximum atomic E-state index is 13.1. The summed E-state index contributed by atoms with van der Waals surface area (Å²) in [6, 6.07) is 0.303. The van der Waals surface area contributed by atoms with Gasteiger partial charge in [-0.25, -0.2) is 4.79 Å². The molecular weight excluding hydrogens is 314 g/mol. The largest absolute Gasteiger partial charge is 0.340 e. The summed E-state index contributed by atoms with van der Waals surface area (Å²) in [6.45, 7) is 6.54. The molecule has 0 unspecified atom stereocenters. The van der Waals surface area contributed by atoms with E-state index < -0.39 is 0 Å². The standard InChI is InChI=1S/C20H33N3O2/c1-14(2)23(13-18-12-15-5-6-17(18)11-15)19(24)16-7-9-22(10-8-16)20(25)21(3)4/h5-6,14-18H,7-13H2,1-4H3/t15-,17-,18+/m0/s1. The fourth-order valence-electron chi connectivity index (χ4n) is 4.75. The Balaban J connectivity index is 1.56. The van der Waals surface area contributed by atoms with Crippen molar-refractivity contribution in [2.24, 2.45) is 23.7 Å². The van der Waals surface area contributed by atoms with Gasteiger partial charge in [0, 0.05) is 45.7 Å². The topological polar surface area (TPSA) is 43.9 Å². The maximum Gasteiger partial charge on any atom is 0.319 e. The van der Waals surface area contributed by atoms with Crippen LogP contribution in [0, 0.1) is 23.7 Å². The number of carbonyl (C=O) groups is 2. The molecule has 140 valence electrons. The SMILES string of the molecule is CC(C)N(C[C@H]1C[C@H]2C=C[C@H]1C2)C(=O)C1CCN(C(=O)N(C)C)CC1. The summed E-state index contributed by atoms with van der Waals surface area (Å²) in [5.74, 6) is 2.44. The second-order valence-corrected chi connectivity index (χ2v) is 8.56. The summed E-state index contributed by atoms with van der Waals surface area (Å²) >= 11 is 0. The number of carbonyl (C=O) groups excluding carboxylic acids is 2. The van der Waals surface area contributed by atoms with E-state index in [0.29, 0.717) is 30.8 Å². The zero-order valence-electron chi connectivity index (χ0n) is 16.1. The van der Waals surface area contributed by atoms with Crippen molar-refractivity contribution in [2.75, 3.05) is 33.7 Å². The van der Waals surface area contributed by atoms with Gasteiger partial charge in [-0.05, 0) is 57.3 Å². The van der Waals surface area contributed by atoms with E-state index in [1.54, 1.807) is 19.0 Å². The number of hydrogen-bond acceptors (Lipinski definition) is 2. The first-order chi connectivity index (χ1) is 11.9. The molecule has 0 radical (unpaired) electrons. The predicted octanol–water partition coefficient (Wildman–Crippen LogP) is 2.83. The number of likely N-dealkylation sites (tertiary alicyclic amines) is 1. The number of nitrogens with zero attached hydrogens (tertiary/aromatic N) is 3. The van der Waals surface area contributed by atoms with E-state index in [0.717, 1.165) is 25.3 Å². The summed E-state index contributed by atoms with van der Waals surface area (Å²) in [7, 11) is 3.56. The van der Waals surface area contributed by atoms with Crippen molar-refractivity contribution in [3.8, 4) is 0 Å². The van der Waals surface area contributed by atoms with Gasteiger partial charge < -0.3 is 14.7 Å². The molecule has 5 heteroatoms. The Morgan fingerprint density at radius 1 is 1.12 bits per heavy atom. The van der Waals surface area contributed by atoms with Gasteiger partial charge in [-0.2, -0.15) is 0 Å². The molecule has 3 amide bonds. The average molecular weight is 348 g/mol. The van der Waals surface area contributed by atoms with Gasteiger partial charge in [0.25, 0.3) is 0 Å². The van der Waals surface area contributed by atoms with Crippen LogP contribution in [0.25, 0.3) is 0 Å². The molecular formula is C20H33N3O2. The summed E-state index contributed by atoms with van der Waals surface area (Å²) in [6.07, 6.45) is 8.84. The molecule has 0 spiro atoms. The Hall–Kier alpha value is -1.52. The van der Waals surface area contributed by atoms with Crippen molar-refractivity contribution >= 4 is 11.9 Å². The Kier molecular flexibility index (Phi) is 5.40. The van der Waals surface area contributed by atoms with E-state index in [1.807, 2.05) is 4.90 Å². The highest BCUT2D eigenvalue weighted by Crippen LogP contribution is 2.44. The summed E-state index contributed by atoms with van der Waals surface area (Å²) in [5, 5.41) is 0. The highest BCUT2D eigenvalue weighted by Gasteiger charge is 2.39. The van der Waals surface area contributed by atoms with Crippen LogP contribution < -0.4 is 0 Å². The lowest BCUT2D eigenvalue weighted by atomic mass is 9.90. The van der Waals surface area contributed by atoms with Gasteiger partial charge in [-0.1, -0.05) is 12.2 Å². The van der Waals surface area contributed by atoms with Crippen LogP contribution in [-0.2, 0) is 4.79 Å². The lowest BCUT2D eigenvalue weighted by molar-refractivity contribution is -0.139. The molecule has 0 N–H and O–H groups in total. The van der Waals surface area contributed by atoms with Gasteiger partial charge in [-0.15, -0.1) is 0 Å². The molecule has 1 saturated heterocycles. The molecule has 1 saturated carbocycles. The number of amides is 3. The fourth-order valence-corrected chi connectivity index (χ4v) is 4.75. The summed E-state index contributed by atoms with van der Waals surface area (Å²) < 4.78 is 0.